The Labute approximate surface area is 119 Å². The topological polar surface area (TPSA) is 50.8 Å². The van der Waals surface area contributed by atoms with E-state index in [1.807, 2.05) is 18.0 Å². The van der Waals surface area contributed by atoms with Crippen LogP contribution in [0.4, 0.5) is 0 Å². The Balaban J connectivity index is 2.20. The molecular formula is C15H22N2O3. The zero-order valence-electron chi connectivity index (χ0n) is 12.4. The molecule has 1 aromatic rings. The standard InChI is InChI=1S/C15H22N2O3/c1-16-6-4-7-17-8-5-11-9-13(19-2)14(20-3)10-12(11)15(17)18/h9-10,16H,4-8H2,1-3H3. The molecule has 1 amide bonds. The summed E-state index contributed by atoms with van der Waals surface area (Å²) < 4.78 is 10.6. The lowest BCUT2D eigenvalue weighted by Gasteiger charge is -2.29. The van der Waals surface area contributed by atoms with Gasteiger partial charge in [0.15, 0.2) is 11.5 Å². The lowest BCUT2D eigenvalue weighted by molar-refractivity contribution is 0.0737. The minimum Gasteiger partial charge on any atom is -0.493 e. The lowest BCUT2D eigenvalue weighted by Crippen LogP contribution is -2.39. The molecule has 110 valence electrons. The van der Waals surface area contributed by atoms with Crippen LogP contribution in [0.2, 0.25) is 0 Å². The first-order valence-electron chi connectivity index (χ1n) is 6.90. The summed E-state index contributed by atoms with van der Waals surface area (Å²) in [7, 11) is 5.12. The van der Waals surface area contributed by atoms with E-state index >= 15 is 0 Å². The van der Waals surface area contributed by atoms with E-state index in [4.69, 9.17) is 9.47 Å². The highest BCUT2D eigenvalue weighted by Crippen LogP contribution is 2.33. The molecule has 0 bridgehead atoms. The zero-order chi connectivity index (χ0) is 14.5. The van der Waals surface area contributed by atoms with Crippen LogP contribution < -0.4 is 14.8 Å². The summed E-state index contributed by atoms with van der Waals surface area (Å²) in [5.74, 6) is 1.38. The Morgan fingerprint density at radius 3 is 2.60 bits per heavy atom. The molecule has 1 aromatic carbocycles. The minimum absolute atomic E-state index is 0.0864. The summed E-state index contributed by atoms with van der Waals surface area (Å²) in [6.07, 6.45) is 1.83. The van der Waals surface area contributed by atoms with Gasteiger partial charge in [-0.05, 0) is 44.1 Å². The van der Waals surface area contributed by atoms with Crippen molar-refractivity contribution in [3.63, 3.8) is 0 Å². The van der Waals surface area contributed by atoms with Crippen LogP contribution in [-0.2, 0) is 6.42 Å². The van der Waals surface area contributed by atoms with Gasteiger partial charge in [0, 0.05) is 18.7 Å². The molecule has 0 radical (unpaired) electrons. The van der Waals surface area contributed by atoms with Crippen LogP contribution >= 0.6 is 0 Å². The van der Waals surface area contributed by atoms with Crippen LogP contribution in [0, 0.1) is 0 Å². The molecule has 2 rings (SSSR count). The van der Waals surface area contributed by atoms with Crippen LogP contribution in [0.15, 0.2) is 12.1 Å². The first kappa shape index (κ1) is 14.7. The maximum atomic E-state index is 12.5. The van der Waals surface area contributed by atoms with Crippen molar-refractivity contribution in [2.75, 3.05) is 40.9 Å². The Hall–Kier alpha value is -1.75. The smallest absolute Gasteiger partial charge is 0.254 e. The SMILES string of the molecule is CNCCCN1CCc2cc(OC)c(OC)cc2C1=O. The van der Waals surface area contributed by atoms with Crippen LogP contribution in [0.3, 0.4) is 0 Å². The highest BCUT2D eigenvalue weighted by atomic mass is 16.5. The summed E-state index contributed by atoms with van der Waals surface area (Å²) in [5.41, 5.74) is 1.77. The van der Waals surface area contributed by atoms with Gasteiger partial charge < -0.3 is 19.7 Å². The summed E-state index contributed by atoms with van der Waals surface area (Å²) in [6.45, 7) is 2.47. The number of nitrogens with one attached hydrogen (secondary N) is 1. The van der Waals surface area contributed by atoms with E-state index in [1.54, 1.807) is 20.3 Å². The maximum Gasteiger partial charge on any atom is 0.254 e. The Bertz CT molecular complexity index is 488. The van der Waals surface area contributed by atoms with Crippen molar-refractivity contribution in [2.45, 2.75) is 12.8 Å². The van der Waals surface area contributed by atoms with Crippen molar-refractivity contribution >= 4 is 5.91 Å². The minimum atomic E-state index is 0.0864. The second-order valence-electron chi connectivity index (χ2n) is 4.86. The molecular weight excluding hydrogens is 256 g/mol. The Kier molecular flexibility index (Phi) is 4.84. The molecule has 0 spiro atoms. The third-order valence-electron chi connectivity index (χ3n) is 3.63. The monoisotopic (exact) mass is 278 g/mol. The number of hydrogen-bond acceptors (Lipinski definition) is 4. The number of carbonyl (C=O) groups excluding carboxylic acids is 1. The zero-order valence-corrected chi connectivity index (χ0v) is 12.4. The molecule has 1 aliphatic heterocycles. The first-order chi connectivity index (χ1) is 9.71. The van der Waals surface area contributed by atoms with Gasteiger partial charge in [-0.15, -0.1) is 0 Å². The van der Waals surface area contributed by atoms with Gasteiger partial charge in [0.1, 0.15) is 0 Å². The highest BCUT2D eigenvalue weighted by Gasteiger charge is 2.25. The molecule has 0 atom stereocenters. The van der Waals surface area contributed by atoms with Gasteiger partial charge in [0.05, 0.1) is 14.2 Å². The fourth-order valence-corrected chi connectivity index (χ4v) is 2.51. The van der Waals surface area contributed by atoms with E-state index in [1.165, 1.54) is 0 Å². The summed E-state index contributed by atoms with van der Waals surface area (Å²) in [5, 5.41) is 3.10. The number of rotatable bonds is 6. The molecule has 1 aliphatic rings. The number of fused-ring (bicyclic) bond motifs is 1. The number of amides is 1. The third kappa shape index (κ3) is 2.88. The van der Waals surface area contributed by atoms with Crippen molar-refractivity contribution < 1.29 is 14.3 Å². The van der Waals surface area contributed by atoms with Gasteiger partial charge in [0.2, 0.25) is 0 Å². The quantitative estimate of drug-likeness (QED) is 0.797. The van der Waals surface area contributed by atoms with Crippen molar-refractivity contribution in [3.8, 4) is 11.5 Å². The molecule has 5 heteroatoms. The fourth-order valence-electron chi connectivity index (χ4n) is 2.51. The van der Waals surface area contributed by atoms with Gasteiger partial charge in [-0.25, -0.2) is 0 Å². The van der Waals surface area contributed by atoms with Crippen LogP contribution in [0.5, 0.6) is 11.5 Å². The van der Waals surface area contributed by atoms with E-state index in [0.29, 0.717) is 11.5 Å². The normalized spacial score (nSPS) is 14.2. The van der Waals surface area contributed by atoms with Gasteiger partial charge in [-0.1, -0.05) is 0 Å². The van der Waals surface area contributed by atoms with Crippen LogP contribution in [-0.4, -0.2) is 51.7 Å². The number of nitrogens with zero attached hydrogens (tertiary/aromatic N) is 1. The first-order valence-corrected chi connectivity index (χ1v) is 6.90. The van der Waals surface area contributed by atoms with E-state index in [9.17, 15) is 4.79 Å². The Morgan fingerprint density at radius 1 is 1.25 bits per heavy atom. The summed E-state index contributed by atoms with van der Waals surface area (Å²) in [6, 6.07) is 3.71. The molecule has 0 aliphatic carbocycles. The van der Waals surface area contributed by atoms with Crippen molar-refractivity contribution in [2.24, 2.45) is 0 Å². The molecule has 0 aromatic heterocycles. The van der Waals surface area contributed by atoms with Gasteiger partial charge in [0.25, 0.3) is 5.91 Å². The lowest BCUT2D eigenvalue weighted by atomic mass is 9.98. The van der Waals surface area contributed by atoms with Gasteiger partial charge in [-0.3, -0.25) is 4.79 Å². The van der Waals surface area contributed by atoms with Crippen LogP contribution in [0.25, 0.3) is 0 Å². The van der Waals surface area contributed by atoms with Crippen molar-refractivity contribution in [1.29, 1.82) is 0 Å². The predicted octanol–water partition coefficient (Wildman–Crippen LogP) is 1.31. The van der Waals surface area contributed by atoms with E-state index in [-0.39, 0.29) is 5.91 Å². The van der Waals surface area contributed by atoms with Crippen molar-refractivity contribution in [3.05, 3.63) is 23.3 Å². The second kappa shape index (κ2) is 6.61. The molecule has 5 nitrogen and oxygen atoms in total. The number of ether oxygens (including phenoxy) is 2. The molecule has 1 heterocycles. The third-order valence-corrected chi connectivity index (χ3v) is 3.63. The molecule has 0 saturated carbocycles. The molecule has 20 heavy (non-hydrogen) atoms. The van der Waals surface area contributed by atoms with Gasteiger partial charge >= 0.3 is 0 Å². The van der Waals surface area contributed by atoms with Crippen LogP contribution in [0.1, 0.15) is 22.3 Å². The summed E-state index contributed by atoms with van der Waals surface area (Å²) in [4.78, 5) is 14.4. The maximum absolute atomic E-state index is 12.5. The molecule has 1 N–H and O–H groups in total. The van der Waals surface area contributed by atoms with E-state index in [0.717, 1.165) is 43.6 Å². The van der Waals surface area contributed by atoms with E-state index < -0.39 is 0 Å². The molecule has 0 fully saturated rings. The fraction of sp³-hybridized carbons (Fsp3) is 0.533. The molecule has 0 unspecified atom stereocenters. The van der Waals surface area contributed by atoms with Crippen molar-refractivity contribution in [1.82, 2.24) is 10.2 Å². The average Bonchev–Trinajstić information content (AvgIpc) is 2.48. The Morgan fingerprint density at radius 2 is 1.95 bits per heavy atom. The predicted molar refractivity (Wildman–Crippen MR) is 77.7 cm³/mol. The summed E-state index contributed by atoms with van der Waals surface area (Å²) >= 11 is 0. The largest absolute Gasteiger partial charge is 0.493 e. The highest BCUT2D eigenvalue weighted by molar-refractivity contribution is 5.97. The number of hydrogen-bond donors (Lipinski definition) is 1. The average molecular weight is 278 g/mol. The van der Waals surface area contributed by atoms with Gasteiger partial charge in [-0.2, -0.15) is 0 Å². The second-order valence-corrected chi connectivity index (χ2v) is 4.86. The number of methoxy groups -OCH3 is 2. The van der Waals surface area contributed by atoms with E-state index in [2.05, 4.69) is 5.32 Å². The number of carbonyl (C=O) groups is 1. The molecule has 0 saturated heterocycles. The number of benzene rings is 1.